The standard InChI is InChI=1S/C16H14N4O3/c1-20-15(21)5-4-13(19-20)16(22)18-9-11-7-12(10-17-8-11)14-3-2-6-23-14/h2-8,10H,9H2,1H3,(H,18,22). The van der Waals surface area contributed by atoms with Gasteiger partial charge in [-0.25, -0.2) is 4.68 Å². The predicted molar refractivity (Wildman–Crippen MR) is 82.6 cm³/mol. The fraction of sp³-hybridized carbons (Fsp3) is 0.125. The summed E-state index contributed by atoms with van der Waals surface area (Å²) in [5, 5.41) is 6.65. The maximum Gasteiger partial charge on any atom is 0.271 e. The molecule has 23 heavy (non-hydrogen) atoms. The molecule has 7 nitrogen and oxygen atoms in total. The van der Waals surface area contributed by atoms with Crippen LogP contribution in [0.3, 0.4) is 0 Å². The number of pyridine rings is 1. The zero-order chi connectivity index (χ0) is 16.2. The van der Waals surface area contributed by atoms with E-state index in [9.17, 15) is 9.59 Å². The van der Waals surface area contributed by atoms with E-state index >= 15 is 0 Å². The molecule has 0 bridgehead atoms. The first-order valence-electron chi connectivity index (χ1n) is 6.94. The molecule has 0 atom stereocenters. The van der Waals surface area contributed by atoms with E-state index in [-0.39, 0.29) is 17.2 Å². The van der Waals surface area contributed by atoms with Crippen LogP contribution in [0.15, 0.2) is 58.2 Å². The minimum Gasteiger partial charge on any atom is -0.464 e. The monoisotopic (exact) mass is 310 g/mol. The SMILES string of the molecule is Cn1nc(C(=O)NCc2cncc(-c3ccco3)c2)ccc1=O. The van der Waals surface area contributed by atoms with Crippen LogP contribution in [-0.2, 0) is 13.6 Å². The maximum absolute atomic E-state index is 12.1. The summed E-state index contributed by atoms with van der Waals surface area (Å²) < 4.78 is 6.44. The molecule has 3 rings (SSSR count). The van der Waals surface area contributed by atoms with Gasteiger partial charge in [-0.3, -0.25) is 14.6 Å². The van der Waals surface area contributed by atoms with Crippen molar-refractivity contribution in [3.63, 3.8) is 0 Å². The molecule has 0 saturated carbocycles. The van der Waals surface area contributed by atoms with E-state index in [4.69, 9.17) is 4.42 Å². The van der Waals surface area contributed by atoms with Crippen LogP contribution in [0.5, 0.6) is 0 Å². The Labute approximate surface area is 131 Å². The van der Waals surface area contributed by atoms with Gasteiger partial charge in [-0.2, -0.15) is 5.10 Å². The minimum absolute atomic E-state index is 0.183. The van der Waals surface area contributed by atoms with Crippen molar-refractivity contribution < 1.29 is 9.21 Å². The molecule has 3 aromatic heterocycles. The summed E-state index contributed by atoms with van der Waals surface area (Å²) in [5.74, 6) is 0.356. The molecule has 3 heterocycles. The number of hydrogen-bond acceptors (Lipinski definition) is 5. The molecule has 0 spiro atoms. The summed E-state index contributed by atoms with van der Waals surface area (Å²) in [4.78, 5) is 27.5. The average Bonchev–Trinajstić information content (AvgIpc) is 3.10. The third kappa shape index (κ3) is 3.34. The quantitative estimate of drug-likeness (QED) is 0.786. The van der Waals surface area contributed by atoms with Crippen LogP contribution in [0.25, 0.3) is 11.3 Å². The van der Waals surface area contributed by atoms with Crippen LogP contribution in [0.2, 0.25) is 0 Å². The number of carbonyl (C=O) groups excluding carboxylic acids is 1. The number of nitrogens with one attached hydrogen (secondary N) is 1. The van der Waals surface area contributed by atoms with Crippen molar-refractivity contribution >= 4 is 5.91 Å². The van der Waals surface area contributed by atoms with Crippen molar-refractivity contribution in [2.24, 2.45) is 7.05 Å². The summed E-state index contributed by atoms with van der Waals surface area (Å²) in [6.07, 6.45) is 4.95. The molecule has 1 amide bonds. The number of amides is 1. The van der Waals surface area contributed by atoms with Gasteiger partial charge >= 0.3 is 0 Å². The van der Waals surface area contributed by atoms with E-state index in [1.165, 1.54) is 19.2 Å². The second-order valence-corrected chi connectivity index (χ2v) is 4.92. The Morgan fingerprint density at radius 3 is 2.91 bits per heavy atom. The normalized spacial score (nSPS) is 10.5. The lowest BCUT2D eigenvalue weighted by atomic mass is 10.1. The van der Waals surface area contributed by atoms with E-state index in [0.29, 0.717) is 12.3 Å². The highest BCUT2D eigenvalue weighted by Gasteiger charge is 2.09. The molecule has 0 saturated heterocycles. The third-order valence-electron chi connectivity index (χ3n) is 3.25. The number of carbonyl (C=O) groups is 1. The fourth-order valence-corrected chi connectivity index (χ4v) is 2.06. The number of aryl methyl sites for hydroxylation is 1. The molecule has 3 aromatic rings. The lowest BCUT2D eigenvalue weighted by Gasteiger charge is -2.06. The zero-order valence-corrected chi connectivity index (χ0v) is 12.4. The van der Waals surface area contributed by atoms with Gasteiger partial charge in [-0.05, 0) is 29.8 Å². The summed E-state index contributed by atoms with van der Waals surface area (Å²) in [6.45, 7) is 0.297. The first-order chi connectivity index (χ1) is 11.1. The Morgan fingerprint density at radius 2 is 2.17 bits per heavy atom. The molecule has 0 fully saturated rings. The zero-order valence-electron chi connectivity index (χ0n) is 12.4. The summed E-state index contributed by atoms with van der Waals surface area (Å²) in [5.41, 5.74) is 1.58. The smallest absolute Gasteiger partial charge is 0.271 e. The van der Waals surface area contributed by atoms with Gasteiger partial charge in [-0.1, -0.05) is 0 Å². The Morgan fingerprint density at radius 1 is 1.30 bits per heavy atom. The topological polar surface area (TPSA) is 90.0 Å². The van der Waals surface area contributed by atoms with Crippen molar-refractivity contribution in [1.82, 2.24) is 20.1 Å². The Kier molecular flexibility index (Phi) is 4.01. The van der Waals surface area contributed by atoms with Crippen molar-refractivity contribution in [3.05, 3.63) is 70.6 Å². The number of furan rings is 1. The van der Waals surface area contributed by atoms with Crippen LogP contribution in [-0.4, -0.2) is 20.7 Å². The summed E-state index contributed by atoms with van der Waals surface area (Å²) >= 11 is 0. The van der Waals surface area contributed by atoms with Crippen molar-refractivity contribution in [3.8, 4) is 11.3 Å². The Hall–Kier alpha value is -3.22. The van der Waals surface area contributed by atoms with Gasteiger partial charge in [0, 0.05) is 37.6 Å². The van der Waals surface area contributed by atoms with Gasteiger partial charge in [-0.15, -0.1) is 0 Å². The highest BCUT2D eigenvalue weighted by atomic mass is 16.3. The second-order valence-electron chi connectivity index (χ2n) is 4.92. The molecule has 0 aliphatic heterocycles. The maximum atomic E-state index is 12.1. The van der Waals surface area contributed by atoms with Gasteiger partial charge in [0.2, 0.25) is 0 Å². The van der Waals surface area contributed by atoms with Gasteiger partial charge in [0.05, 0.1) is 6.26 Å². The van der Waals surface area contributed by atoms with E-state index in [2.05, 4.69) is 15.4 Å². The van der Waals surface area contributed by atoms with Crippen LogP contribution >= 0.6 is 0 Å². The highest BCUT2D eigenvalue weighted by Crippen LogP contribution is 2.19. The summed E-state index contributed by atoms with van der Waals surface area (Å²) in [6, 6.07) is 8.24. The van der Waals surface area contributed by atoms with E-state index < -0.39 is 0 Å². The molecule has 0 unspecified atom stereocenters. The molecule has 0 aliphatic carbocycles. The Balaban J connectivity index is 1.70. The van der Waals surface area contributed by atoms with Gasteiger partial charge in [0.15, 0.2) is 0 Å². The van der Waals surface area contributed by atoms with Crippen LogP contribution in [0, 0.1) is 0 Å². The summed E-state index contributed by atoms with van der Waals surface area (Å²) in [7, 11) is 1.50. The van der Waals surface area contributed by atoms with Gasteiger partial charge in [0.1, 0.15) is 11.5 Å². The number of aromatic nitrogens is 3. The first kappa shape index (κ1) is 14.7. The lowest BCUT2D eigenvalue weighted by molar-refractivity contribution is 0.0943. The van der Waals surface area contributed by atoms with E-state index in [1.807, 2.05) is 12.1 Å². The molecular formula is C16H14N4O3. The Bertz CT molecular complexity index is 884. The van der Waals surface area contributed by atoms with Crippen molar-refractivity contribution in [1.29, 1.82) is 0 Å². The van der Waals surface area contributed by atoms with Crippen LogP contribution in [0.4, 0.5) is 0 Å². The fourth-order valence-electron chi connectivity index (χ4n) is 2.06. The van der Waals surface area contributed by atoms with E-state index in [0.717, 1.165) is 15.8 Å². The number of hydrogen-bond donors (Lipinski definition) is 1. The number of nitrogens with zero attached hydrogens (tertiary/aromatic N) is 3. The lowest BCUT2D eigenvalue weighted by Crippen LogP contribution is -2.28. The number of rotatable bonds is 4. The van der Waals surface area contributed by atoms with Gasteiger partial charge in [0.25, 0.3) is 11.5 Å². The average molecular weight is 310 g/mol. The molecule has 7 heteroatoms. The highest BCUT2D eigenvalue weighted by molar-refractivity contribution is 5.91. The minimum atomic E-state index is -0.357. The predicted octanol–water partition coefficient (Wildman–Crippen LogP) is 1.37. The second kappa shape index (κ2) is 6.27. The third-order valence-corrected chi connectivity index (χ3v) is 3.25. The van der Waals surface area contributed by atoms with Crippen molar-refractivity contribution in [2.75, 3.05) is 0 Å². The van der Waals surface area contributed by atoms with Crippen LogP contribution < -0.4 is 10.9 Å². The molecule has 0 radical (unpaired) electrons. The van der Waals surface area contributed by atoms with Crippen LogP contribution in [0.1, 0.15) is 16.1 Å². The largest absolute Gasteiger partial charge is 0.464 e. The molecule has 116 valence electrons. The molecular weight excluding hydrogens is 296 g/mol. The van der Waals surface area contributed by atoms with E-state index in [1.54, 1.807) is 24.7 Å². The molecule has 0 aromatic carbocycles. The first-order valence-corrected chi connectivity index (χ1v) is 6.94. The van der Waals surface area contributed by atoms with Gasteiger partial charge < -0.3 is 9.73 Å². The van der Waals surface area contributed by atoms with Crippen molar-refractivity contribution in [2.45, 2.75) is 6.54 Å². The molecule has 1 N–H and O–H groups in total. The molecule has 0 aliphatic rings.